The standard InChI is InChI=1S/C19H20N4O3/c20-12-13-6-8-14(9-7-13)17-21-18(26-22-17)15-4-1-2-10-23(15)19(24)16-5-3-11-25-16/h3,5-9,11,15H,1-2,4,10,12,20H2. The smallest absolute Gasteiger partial charge is 0.290 e. The molecule has 134 valence electrons. The zero-order chi connectivity index (χ0) is 17.9. The molecule has 0 aliphatic carbocycles. The van der Waals surface area contributed by atoms with Gasteiger partial charge in [0.1, 0.15) is 6.04 Å². The molecule has 0 radical (unpaired) electrons. The van der Waals surface area contributed by atoms with Crippen LogP contribution in [0, 0.1) is 0 Å². The monoisotopic (exact) mass is 352 g/mol. The Morgan fingerprint density at radius 3 is 2.81 bits per heavy atom. The Labute approximate surface area is 150 Å². The molecule has 7 heteroatoms. The highest BCUT2D eigenvalue weighted by Crippen LogP contribution is 2.32. The van der Waals surface area contributed by atoms with Crippen molar-refractivity contribution >= 4 is 5.91 Å². The molecule has 0 bridgehead atoms. The molecule has 1 atom stereocenters. The van der Waals surface area contributed by atoms with Gasteiger partial charge in [0.15, 0.2) is 5.76 Å². The summed E-state index contributed by atoms with van der Waals surface area (Å²) in [6, 6.07) is 10.9. The van der Waals surface area contributed by atoms with E-state index in [1.165, 1.54) is 6.26 Å². The lowest BCUT2D eigenvalue weighted by Crippen LogP contribution is -2.38. The van der Waals surface area contributed by atoms with E-state index in [1.54, 1.807) is 17.0 Å². The maximum absolute atomic E-state index is 12.7. The van der Waals surface area contributed by atoms with Gasteiger partial charge >= 0.3 is 0 Å². The van der Waals surface area contributed by atoms with Crippen LogP contribution < -0.4 is 5.73 Å². The van der Waals surface area contributed by atoms with Gasteiger partial charge in [0.05, 0.1) is 6.26 Å². The van der Waals surface area contributed by atoms with Crippen LogP contribution in [0.15, 0.2) is 51.6 Å². The highest BCUT2D eigenvalue weighted by molar-refractivity contribution is 5.91. The summed E-state index contributed by atoms with van der Waals surface area (Å²) in [5.41, 5.74) is 7.53. The number of hydrogen-bond donors (Lipinski definition) is 1. The number of rotatable bonds is 4. The van der Waals surface area contributed by atoms with Crippen molar-refractivity contribution in [3.8, 4) is 11.4 Å². The van der Waals surface area contributed by atoms with Crippen molar-refractivity contribution in [3.05, 3.63) is 59.9 Å². The first-order valence-electron chi connectivity index (χ1n) is 8.73. The molecule has 2 aromatic heterocycles. The average Bonchev–Trinajstić information content (AvgIpc) is 3.40. The van der Waals surface area contributed by atoms with Crippen LogP contribution in [0.1, 0.15) is 47.3 Å². The molecule has 7 nitrogen and oxygen atoms in total. The minimum absolute atomic E-state index is 0.147. The first-order chi connectivity index (χ1) is 12.8. The molecule has 1 fully saturated rings. The van der Waals surface area contributed by atoms with Crippen molar-refractivity contribution in [2.24, 2.45) is 5.73 Å². The van der Waals surface area contributed by atoms with Gasteiger partial charge in [-0.05, 0) is 37.0 Å². The lowest BCUT2D eigenvalue weighted by Gasteiger charge is -2.32. The molecule has 0 saturated carbocycles. The minimum atomic E-state index is -0.231. The van der Waals surface area contributed by atoms with E-state index in [4.69, 9.17) is 14.7 Å². The van der Waals surface area contributed by atoms with Gasteiger partial charge in [0, 0.05) is 18.7 Å². The number of carbonyl (C=O) groups is 1. The van der Waals surface area contributed by atoms with Crippen molar-refractivity contribution in [1.29, 1.82) is 0 Å². The highest BCUT2D eigenvalue weighted by atomic mass is 16.5. The van der Waals surface area contributed by atoms with Gasteiger partial charge in [-0.3, -0.25) is 4.79 Å². The van der Waals surface area contributed by atoms with Crippen LogP contribution in [0.2, 0.25) is 0 Å². The third-order valence-corrected chi connectivity index (χ3v) is 4.67. The fourth-order valence-corrected chi connectivity index (χ4v) is 3.25. The zero-order valence-corrected chi connectivity index (χ0v) is 14.3. The van der Waals surface area contributed by atoms with Gasteiger partial charge < -0.3 is 19.6 Å². The molecule has 1 aliphatic rings. The maximum Gasteiger partial charge on any atom is 0.290 e. The molecule has 2 N–H and O–H groups in total. The summed E-state index contributed by atoms with van der Waals surface area (Å²) >= 11 is 0. The summed E-state index contributed by atoms with van der Waals surface area (Å²) in [7, 11) is 0. The summed E-state index contributed by atoms with van der Waals surface area (Å²) in [6.45, 7) is 1.14. The molecule has 1 aromatic carbocycles. The molecule has 1 amide bonds. The topological polar surface area (TPSA) is 98.4 Å². The third kappa shape index (κ3) is 3.13. The van der Waals surface area contributed by atoms with Gasteiger partial charge in [-0.2, -0.15) is 4.98 Å². The molecule has 3 heterocycles. The number of nitrogens with two attached hydrogens (primary N) is 1. The Hall–Kier alpha value is -2.93. The molecule has 3 aromatic rings. The van der Waals surface area contributed by atoms with Gasteiger partial charge in [-0.1, -0.05) is 29.4 Å². The van der Waals surface area contributed by atoms with Crippen molar-refractivity contribution in [2.75, 3.05) is 6.54 Å². The Morgan fingerprint density at radius 2 is 2.08 bits per heavy atom. The van der Waals surface area contributed by atoms with E-state index in [1.807, 2.05) is 24.3 Å². The second-order valence-electron chi connectivity index (χ2n) is 6.34. The van der Waals surface area contributed by atoms with Crippen LogP contribution in [-0.4, -0.2) is 27.5 Å². The largest absolute Gasteiger partial charge is 0.459 e. The lowest BCUT2D eigenvalue weighted by atomic mass is 10.0. The number of amides is 1. The van der Waals surface area contributed by atoms with E-state index in [0.29, 0.717) is 30.6 Å². The first kappa shape index (κ1) is 16.5. The van der Waals surface area contributed by atoms with E-state index in [2.05, 4.69) is 10.1 Å². The zero-order valence-electron chi connectivity index (χ0n) is 14.3. The molecule has 4 rings (SSSR count). The predicted octanol–water partition coefficient (Wildman–Crippen LogP) is 3.16. The Kier molecular flexibility index (Phi) is 4.53. The number of carbonyl (C=O) groups excluding carboxylic acids is 1. The maximum atomic E-state index is 12.7. The summed E-state index contributed by atoms with van der Waals surface area (Å²) < 4.78 is 10.8. The fraction of sp³-hybridized carbons (Fsp3) is 0.316. The van der Waals surface area contributed by atoms with E-state index in [0.717, 1.165) is 30.4 Å². The number of benzene rings is 1. The SMILES string of the molecule is NCc1ccc(-c2noc(C3CCCCN3C(=O)c3ccco3)n2)cc1. The van der Waals surface area contributed by atoms with E-state index in [-0.39, 0.29) is 11.9 Å². The third-order valence-electron chi connectivity index (χ3n) is 4.67. The molecular formula is C19H20N4O3. The molecular weight excluding hydrogens is 332 g/mol. The fourth-order valence-electron chi connectivity index (χ4n) is 3.25. The minimum Gasteiger partial charge on any atom is -0.459 e. The second-order valence-corrected chi connectivity index (χ2v) is 6.34. The number of likely N-dealkylation sites (tertiary alicyclic amines) is 1. The molecule has 1 saturated heterocycles. The number of aromatic nitrogens is 2. The van der Waals surface area contributed by atoms with E-state index in [9.17, 15) is 4.79 Å². The Bertz CT molecular complexity index is 871. The summed E-state index contributed by atoms with van der Waals surface area (Å²) in [6.07, 6.45) is 4.25. The quantitative estimate of drug-likeness (QED) is 0.774. The van der Waals surface area contributed by atoms with Crippen LogP contribution >= 0.6 is 0 Å². The average molecular weight is 352 g/mol. The normalized spacial score (nSPS) is 17.4. The highest BCUT2D eigenvalue weighted by Gasteiger charge is 2.33. The second kappa shape index (κ2) is 7.13. The van der Waals surface area contributed by atoms with Crippen LogP contribution in [0.5, 0.6) is 0 Å². The number of piperidine rings is 1. The molecule has 1 aliphatic heterocycles. The summed E-state index contributed by atoms with van der Waals surface area (Å²) in [5, 5.41) is 4.09. The van der Waals surface area contributed by atoms with Gasteiger partial charge in [-0.15, -0.1) is 0 Å². The number of nitrogens with zero attached hydrogens (tertiary/aromatic N) is 3. The van der Waals surface area contributed by atoms with E-state index >= 15 is 0 Å². The van der Waals surface area contributed by atoms with Gasteiger partial charge in [0.25, 0.3) is 5.91 Å². The van der Waals surface area contributed by atoms with Crippen molar-refractivity contribution in [3.63, 3.8) is 0 Å². The lowest BCUT2D eigenvalue weighted by molar-refractivity contribution is 0.0529. The van der Waals surface area contributed by atoms with Crippen LogP contribution in [0.3, 0.4) is 0 Å². The van der Waals surface area contributed by atoms with Crippen LogP contribution in [-0.2, 0) is 6.54 Å². The predicted molar refractivity (Wildman–Crippen MR) is 94.0 cm³/mol. The molecule has 0 spiro atoms. The van der Waals surface area contributed by atoms with E-state index < -0.39 is 0 Å². The summed E-state index contributed by atoms with van der Waals surface area (Å²) in [4.78, 5) is 19.0. The van der Waals surface area contributed by atoms with Gasteiger partial charge in [-0.25, -0.2) is 0 Å². The first-order valence-corrected chi connectivity index (χ1v) is 8.73. The van der Waals surface area contributed by atoms with Gasteiger partial charge in [0.2, 0.25) is 11.7 Å². The van der Waals surface area contributed by atoms with Crippen molar-refractivity contribution in [2.45, 2.75) is 31.8 Å². The Balaban J connectivity index is 1.59. The molecule has 26 heavy (non-hydrogen) atoms. The summed E-state index contributed by atoms with van der Waals surface area (Å²) in [5.74, 6) is 1.16. The number of furan rings is 1. The van der Waals surface area contributed by atoms with Crippen molar-refractivity contribution < 1.29 is 13.7 Å². The Morgan fingerprint density at radius 1 is 1.23 bits per heavy atom. The number of hydrogen-bond acceptors (Lipinski definition) is 6. The van der Waals surface area contributed by atoms with Crippen LogP contribution in [0.4, 0.5) is 0 Å². The van der Waals surface area contributed by atoms with Crippen molar-refractivity contribution in [1.82, 2.24) is 15.0 Å². The molecule has 1 unspecified atom stereocenters. The van der Waals surface area contributed by atoms with Crippen LogP contribution in [0.25, 0.3) is 11.4 Å².